The van der Waals surface area contributed by atoms with E-state index in [-0.39, 0.29) is 6.85 Å². The van der Waals surface area contributed by atoms with Gasteiger partial charge >= 0.3 is 6.85 Å². The van der Waals surface area contributed by atoms with Crippen LogP contribution in [0.5, 0.6) is 0 Å². The number of rotatable bonds is 0. The van der Waals surface area contributed by atoms with Crippen molar-refractivity contribution in [2.24, 2.45) is 0 Å². The van der Waals surface area contributed by atoms with E-state index in [0.29, 0.717) is 9.52 Å². The summed E-state index contributed by atoms with van der Waals surface area (Å²) < 4.78 is 0. The fourth-order valence-electron chi connectivity index (χ4n) is 7.59. The zero-order valence-electron chi connectivity index (χ0n) is 21.7. The first kappa shape index (κ1) is 21.2. The number of para-hydroxylation sites is 4. The van der Waals surface area contributed by atoms with E-state index in [9.17, 15) is 0 Å². The summed E-state index contributed by atoms with van der Waals surface area (Å²) in [6.07, 6.45) is 0. The number of benzene rings is 5. The zero-order valence-corrected chi connectivity index (χ0v) is 23.7. The summed E-state index contributed by atoms with van der Waals surface area (Å²) in [5, 5.41) is 5.98. The number of fused-ring (bicyclic) bond motifs is 8. The molecular formula is C33H25BN2Si2. The van der Waals surface area contributed by atoms with Crippen LogP contribution < -0.4 is 41.4 Å². The number of aryl methyl sites for hydroxylation is 1. The summed E-state index contributed by atoms with van der Waals surface area (Å²) in [6, 6.07) is 37.3. The molecule has 0 saturated carbocycles. The molecule has 0 aromatic heterocycles. The fourth-order valence-corrected chi connectivity index (χ4v) is 11.9. The van der Waals surface area contributed by atoms with Crippen molar-refractivity contribution in [3.63, 3.8) is 0 Å². The van der Waals surface area contributed by atoms with Crippen molar-refractivity contribution in [1.29, 1.82) is 0 Å². The Morgan fingerprint density at radius 3 is 2.29 bits per heavy atom. The second kappa shape index (κ2) is 6.98. The molecule has 0 saturated heterocycles. The van der Waals surface area contributed by atoms with Crippen LogP contribution in [0.4, 0.5) is 28.4 Å². The molecule has 5 aromatic rings. The van der Waals surface area contributed by atoms with Gasteiger partial charge in [0.1, 0.15) is 17.6 Å². The van der Waals surface area contributed by atoms with Crippen molar-refractivity contribution in [1.82, 2.24) is 0 Å². The average molecular weight is 517 g/mol. The Kier molecular flexibility index (Phi) is 3.89. The van der Waals surface area contributed by atoms with Gasteiger partial charge in [0.2, 0.25) is 0 Å². The van der Waals surface area contributed by atoms with Crippen LogP contribution >= 0.6 is 0 Å². The van der Waals surface area contributed by atoms with Crippen LogP contribution in [0.1, 0.15) is 5.56 Å². The SMILES string of the molecule is Cc1cc2c3c(c1)N1c4ccccc4[Si](C)(C)c4cccc(c41)B3N1c3ccccc3[Si]c3cccc-2c31. The summed E-state index contributed by atoms with van der Waals surface area (Å²) in [6.45, 7) is 7.48. The highest BCUT2D eigenvalue weighted by molar-refractivity contribution is 7.04. The predicted octanol–water partition coefficient (Wildman–Crippen LogP) is 3.81. The van der Waals surface area contributed by atoms with Gasteiger partial charge in [-0.05, 0) is 67.9 Å². The lowest BCUT2D eigenvalue weighted by Crippen LogP contribution is -2.69. The van der Waals surface area contributed by atoms with Gasteiger partial charge in [-0.1, -0.05) is 92.0 Å². The minimum atomic E-state index is -1.89. The van der Waals surface area contributed by atoms with Crippen LogP contribution in [0.15, 0.2) is 97.1 Å². The molecule has 4 heterocycles. The second-order valence-corrected chi connectivity index (χ2v) is 17.2. The molecule has 4 aliphatic rings. The van der Waals surface area contributed by atoms with Gasteiger partial charge < -0.3 is 9.71 Å². The molecule has 5 aromatic carbocycles. The highest BCUT2D eigenvalue weighted by Crippen LogP contribution is 2.47. The summed E-state index contributed by atoms with van der Waals surface area (Å²) in [5.41, 5.74) is 13.9. The lowest BCUT2D eigenvalue weighted by atomic mass is 9.43. The molecule has 0 unspecified atom stereocenters. The van der Waals surface area contributed by atoms with E-state index < -0.39 is 8.07 Å². The third-order valence-corrected chi connectivity index (χ3v) is 14.0. The number of anilines is 5. The number of hydrogen-bond donors (Lipinski definition) is 0. The Balaban J connectivity index is 1.47. The van der Waals surface area contributed by atoms with Crippen LogP contribution in [-0.2, 0) is 0 Å². The lowest BCUT2D eigenvalue weighted by molar-refractivity contribution is 1.26. The molecule has 2 radical (unpaired) electrons. The third-order valence-electron chi connectivity index (χ3n) is 9.15. The molecule has 0 aliphatic carbocycles. The molecule has 5 heteroatoms. The molecule has 178 valence electrons. The van der Waals surface area contributed by atoms with E-state index in [1.807, 2.05) is 0 Å². The van der Waals surface area contributed by atoms with Gasteiger partial charge in [-0.2, -0.15) is 0 Å². The molecule has 0 atom stereocenters. The Morgan fingerprint density at radius 1 is 0.658 bits per heavy atom. The fraction of sp³-hybridized carbons (Fsp3) is 0.0909. The van der Waals surface area contributed by atoms with Gasteiger partial charge in [-0.15, -0.1) is 0 Å². The second-order valence-electron chi connectivity index (χ2n) is 11.6. The predicted molar refractivity (Wildman–Crippen MR) is 167 cm³/mol. The van der Waals surface area contributed by atoms with E-state index in [4.69, 9.17) is 0 Å². The van der Waals surface area contributed by atoms with Gasteiger partial charge in [-0.25, -0.2) is 0 Å². The summed E-state index contributed by atoms with van der Waals surface area (Å²) in [5.74, 6) is 0. The van der Waals surface area contributed by atoms with Crippen molar-refractivity contribution >= 4 is 84.6 Å². The average Bonchev–Trinajstić information content (AvgIpc) is 2.93. The molecule has 4 aliphatic heterocycles. The largest absolute Gasteiger partial charge is 0.377 e. The van der Waals surface area contributed by atoms with Gasteiger partial charge in [0.25, 0.3) is 0 Å². The quantitative estimate of drug-likeness (QED) is 0.289. The van der Waals surface area contributed by atoms with Crippen molar-refractivity contribution in [2.75, 3.05) is 9.71 Å². The molecule has 2 nitrogen and oxygen atoms in total. The van der Waals surface area contributed by atoms with Crippen LogP contribution in [0, 0.1) is 6.92 Å². The molecular weight excluding hydrogens is 491 g/mol. The summed E-state index contributed by atoms with van der Waals surface area (Å²) in [4.78, 5) is 5.31. The molecule has 9 rings (SSSR count). The Labute approximate surface area is 227 Å². The van der Waals surface area contributed by atoms with E-state index in [1.54, 1.807) is 5.19 Å². The minimum Gasteiger partial charge on any atom is -0.377 e. The highest BCUT2D eigenvalue weighted by Gasteiger charge is 2.50. The van der Waals surface area contributed by atoms with Crippen molar-refractivity contribution < 1.29 is 0 Å². The third kappa shape index (κ3) is 2.40. The summed E-state index contributed by atoms with van der Waals surface area (Å²) >= 11 is 0. The van der Waals surface area contributed by atoms with Crippen LogP contribution in [0.3, 0.4) is 0 Å². The lowest BCUT2D eigenvalue weighted by Gasteiger charge is -2.51. The van der Waals surface area contributed by atoms with Crippen LogP contribution in [0.25, 0.3) is 11.1 Å². The maximum Gasteiger partial charge on any atom is 0.333 e. The van der Waals surface area contributed by atoms with Gasteiger partial charge in [0.15, 0.2) is 0 Å². The number of nitrogens with zero attached hydrogens (tertiary/aromatic N) is 2. The zero-order chi connectivity index (χ0) is 25.3. The number of hydrogen-bond acceptors (Lipinski definition) is 2. The van der Waals surface area contributed by atoms with Crippen molar-refractivity contribution in [3.05, 3.63) is 103 Å². The van der Waals surface area contributed by atoms with E-state index >= 15 is 0 Å². The summed E-state index contributed by atoms with van der Waals surface area (Å²) in [7, 11) is -1.21. The van der Waals surface area contributed by atoms with Crippen molar-refractivity contribution in [3.8, 4) is 11.1 Å². The highest BCUT2D eigenvalue weighted by atomic mass is 28.3. The van der Waals surface area contributed by atoms with Crippen molar-refractivity contribution in [2.45, 2.75) is 20.0 Å². The Hall–Kier alpha value is -3.80. The minimum absolute atomic E-state index is 0.154. The van der Waals surface area contributed by atoms with E-state index in [2.05, 4.69) is 127 Å². The maximum absolute atomic E-state index is 2.69. The van der Waals surface area contributed by atoms with Crippen LogP contribution in [0.2, 0.25) is 13.1 Å². The standard InChI is InChI=1S/C33H25BN2Si2/c1-20-18-22-21-10-8-15-28-32(21)36(24-12-4-6-14-27(24)37-28)34-23-11-9-17-30-33(23)35(26(19-20)31(22)34)25-13-5-7-16-29(25)38(30,2)3/h4-19H,1-3H3. The van der Waals surface area contributed by atoms with E-state index in [1.165, 1.54) is 71.6 Å². The van der Waals surface area contributed by atoms with Gasteiger partial charge in [-0.3, -0.25) is 0 Å². The first-order chi connectivity index (χ1) is 18.5. The van der Waals surface area contributed by atoms with E-state index in [0.717, 1.165) is 0 Å². The molecule has 0 fully saturated rings. The van der Waals surface area contributed by atoms with Gasteiger partial charge in [0, 0.05) is 34.0 Å². The maximum atomic E-state index is 2.69. The Bertz CT molecular complexity index is 1880. The molecule has 0 bridgehead atoms. The molecule has 0 spiro atoms. The molecule has 0 amide bonds. The Morgan fingerprint density at radius 2 is 1.39 bits per heavy atom. The van der Waals surface area contributed by atoms with Gasteiger partial charge in [0.05, 0.1) is 0 Å². The monoisotopic (exact) mass is 516 g/mol. The normalized spacial score (nSPS) is 16.2. The first-order valence-electron chi connectivity index (χ1n) is 13.5. The molecule has 0 N–H and O–H groups in total. The molecule has 38 heavy (non-hydrogen) atoms. The van der Waals surface area contributed by atoms with Crippen LogP contribution in [-0.4, -0.2) is 24.4 Å². The topological polar surface area (TPSA) is 6.48 Å². The first-order valence-corrected chi connectivity index (χ1v) is 17.5. The smallest absolute Gasteiger partial charge is 0.333 e.